The van der Waals surface area contributed by atoms with Crippen LogP contribution in [-0.2, 0) is 14.6 Å². The van der Waals surface area contributed by atoms with Crippen LogP contribution in [0, 0.1) is 6.92 Å². The number of amides is 1. The molecule has 1 N–H and O–H groups in total. The van der Waals surface area contributed by atoms with E-state index in [2.05, 4.69) is 5.32 Å². The third-order valence-electron chi connectivity index (χ3n) is 3.09. The highest BCUT2D eigenvalue weighted by Gasteiger charge is 2.39. The van der Waals surface area contributed by atoms with Gasteiger partial charge in [-0.3, -0.25) is 4.79 Å². The van der Waals surface area contributed by atoms with Crippen molar-refractivity contribution in [3.05, 3.63) is 29.7 Å². The van der Waals surface area contributed by atoms with Gasteiger partial charge in [-0.2, -0.15) is 0 Å². The molecule has 6 heteroatoms. The molecule has 1 atom stereocenters. The number of furan rings is 1. The van der Waals surface area contributed by atoms with E-state index in [0.29, 0.717) is 12.2 Å². The van der Waals surface area contributed by atoms with Crippen LogP contribution in [-0.4, -0.2) is 31.4 Å². The zero-order valence-electron chi connectivity index (χ0n) is 11.0. The molecule has 1 aromatic rings. The second-order valence-electron chi connectivity index (χ2n) is 5.17. The highest BCUT2D eigenvalue weighted by atomic mass is 32.2. The zero-order valence-corrected chi connectivity index (χ0v) is 11.8. The molecule has 5 nitrogen and oxygen atoms in total. The van der Waals surface area contributed by atoms with Crippen molar-refractivity contribution in [1.82, 2.24) is 5.32 Å². The van der Waals surface area contributed by atoms with Crippen LogP contribution in [0.2, 0.25) is 0 Å². The molecule has 1 aromatic heterocycles. The first-order chi connectivity index (χ1) is 8.78. The Bertz CT molecular complexity index is 614. The van der Waals surface area contributed by atoms with E-state index in [9.17, 15) is 13.2 Å². The van der Waals surface area contributed by atoms with Gasteiger partial charge in [-0.25, -0.2) is 8.42 Å². The van der Waals surface area contributed by atoms with E-state index in [1.165, 1.54) is 6.08 Å². The van der Waals surface area contributed by atoms with Crippen molar-refractivity contribution in [3.63, 3.8) is 0 Å². The van der Waals surface area contributed by atoms with E-state index >= 15 is 0 Å². The fourth-order valence-electron chi connectivity index (χ4n) is 2.15. The standard InChI is InChI=1S/C13H17NO4S/c1-10-3-4-11(18-10)5-6-12(15)14-13(2)7-8-19(16,17)9-13/h3-6H,7-9H2,1-2H3,(H,14,15)/b6-5-/t13-/m1/s1. The molecular formula is C13H17NO4S. The van der Waals surface area contributed by atoms with Gasteiger partial charge in [-0.15, -0.1) is 0 Å². The van der Waals surface area contributed by atoms with Crippen LogP contribution in [0.4, 0.5) is 0 Å². The molecule has 0 radical (unpaired) electrons. The first-order valence-electron chi connectivity index (χ1n) is 6.05. The summed E-state index contributed by atoms with van der Waals surface area (Å²) in [5, 5.41) is 2.74. The van der Waals surface area contributed by atoms with Gasteiger partial charge in [0.25, 0.3) is 0 Å². The van der Waals surface area contributed by atoms with Crippen molar-refractivity contribution < 1.29 is 17.6 Å². The Balaban J connectivity index is 1.97. The van der Waals surface area contributed by atoms with Crippen molar-refractivity contribution >= 4 is 21.8 Å². The molecule has 1 fully saturated rings. The van der Waals surface area contributed by atoms with Crippen LogP contribution < -0.4 is 5.32 Å². The monoisotopic (exact) mass is 283 g/mol. The predicted octanol–water partition coefficient (Wildman–Crippen LogP) is 1.29. The van der Waals surface area contributed by atoms with Crippen molar-refractivity contribution in [2.45, 2.75) is 25.8 Å². The third-order valence-corrected chi connectivity index (χ3v) is 4.99. The average Bonchev–Trinajstić information content (AvgIpc) is 2.80. The van der Waals surface area contributed by atoms with Crippen LogP contribution in [0.3, 0.4) is 0 Å². The first-order valence-corrected chi connectivity index (χ1v) is 7.87. The molecule has 104 valence electrons. The minimum atomic E-state index is -3.02. The maximum atomic E-state index is 11.8. The van der Waals surface area contributed by atoms with Crippen molar-refractivity contribution in [1.29, 1.82) is 0 Å². The molecule has 0 saturated carbocycles. The smallest absolute Gasteiger partial charge is 0.244 e. The third kappa shape index (κ3) is 3.70. The summed E-state index contributed by atoms with van der Waals surface area (Å²) in [4.78, 5) is 11.8. The van der Waals surface area contributed by atoms with Crippen molar-refractivity contribution in [3.8, 4) is 0 Å². The Kier molecular flexibility index (Phi) is 3.54. The summed E-state index contributed by atoms with van der Waals surface area (Å²) in [6.45, 7) is 3.57. The molecule has 1 aliphatic rings. The van der Waals surface area contributed by atoms with Crippen LogP contribution in [0.15, 0.2) is 22.6 Å². The maximum absolute atomic E-state index is 11.8. The first kappa shape index (κ1) is 13.9. The number of carbonyl (C=O) groups excluding carboxylic acids is 1. The van der Waals surface area contributed by atoms with Gasteiger partial charge >= 0.3 is 0 Å². The average molecular weight is 283 g/mol. The lowest BCUT2D eigenvalue weighted by atomic mass is 10.0. The summed E-state index contributed by atoms with van der Waals surface area (Å²) in [7, 11) is -3.02. The van der Waals surface area contributed by atoms with E-state index in [1.807, 2.05) is 13.0 Å². The summed E-state index contributed by atoms with van der Waals surface area (Å²) in [5.41, 5.74) is -0.667. The molecule has 1 aliphatic heterocycles. The molecule has 0 aromatic carbocycles. The van der Waals surface area contributed by atoms with E-state index in [0.717, 1.165) is 5.76 Å². The van der Waals surface area contributed by atoms with Gasteiger partial charge < -0.3 is 9.73 Å². The number of hydrogen-bond acceptors (Lipinski definition) is 4. The lowest BCUT2D eigenvalue weighted by molar-refractivity contribution is -0.117. The molecule has 0 spiro atoms. The van der Waals surface area contributed by atoms with Gasteiger partial charge in [0.1, 0.15) is 11.5 Å². The number of sulfone groups is 1. The summed E-state index contributed by atoms with van der Waals surface area (Å²) >= 11 is 0. The van der Waals surface area contributed by atoms with Crippen LogP contribution >= 0.6 is 0 Å². The van der Waals surface area contributed by atoms with Gasteiger partial charge in [0, 0.05) is 6.08 Å². The lowest BCUT2D eigenvalue weighted by Crippen LogP contribution is -2.46. The normalized spacial score (nSPS) is 25.8. The van der Waals surface area contributed by atoms with Crippen LogP contribution in [0.5, 0.6) is 0 Å². The highest BCUT2D eigenvalue weighted by Crippen LogP contribution is 2.22. The number of aryl methyl sites for hydroxylation is 1. The summed E-state index contributed by atoms with van der Waals surface area (Å²) < 4.78 is 28.2. The quantitative estimate of drug-likeness (QED) is 0.848. The zero-order chi connectivity index (χ0) is 14.1. The molecule has 0 bridgehead atoms. The molecular weight excluding hydrogens is 266 g/mol. The second kappa shape index (κ2) is 4.85. The van der Waals surface area contributed by atoms with E-state index in [1.54, 1.807) is 19.1 Å². The lowest BCUT2D eigenvalue weighted by Gasteiger charge is -2.22. The fourth-order valence-corrected chi connectivity index (χ4v) is 4.24. The summed E-state index contributed by atoms with van der Waals surface area (Å²) in [5.74, 6) is 1.18. The summed E-state index contributed by atoms with van der Waals surface area (Å²) in [6, 6.07) is 3.57. The van der Waals surface area contributed by atoms with Crippen molar-refractivity contribution in [2.24, 2.45) is 0 Å². The number of rotatable bonds is 3. The maximum Gasteiger partial charge on any atom is 0.244 e. The molecule has 19 heavy (non-hydrogen) atoms. The molecule has 1 amide bonds. The van der Waals surface area contributed by atoms with E-state index in [4.69, 9.17) is 4.42 Å². The molecule has 0 aliphatic carbocycles. The highest BCUT2D eigenvalue weighted by molar-refractivity contribution is 7.91. The molecule has 0 unspecified atom stereocenters. The van der Waals surface area contributed by atoms with Gasteiger partial charge in [0.15, 0.2) is 9.84 Å². The van der Waals surface area contributed by atoms with Gasteiger partial charge in [0.2, 0.25) is 5.91 Å². The van der Waals surface area contributed by atoms with Crippen molar-refractivity contribution in [2.75, 3.05) is 11.5 Å². The predicted molar refractivity (Wildman–Crippen MR) is 72.3 cm³/mol. The minimum Gasteiger partial charge on any atom is -0.462 e. The number of carbonyl (C=O) groups is 1. The molecule has 2 heterocycles. The van der Waals surface area contributed by atoms with Crippen LogP contribution in [0.1, 0.15) is 24.9 Å². The van der Waals surface area contributed by atoms with E-state index < -0.39 is 15.4 Å². The Labute approximate surface area is 112 Å². The van der Waals surface area contributed by atoms with Gasteiger partial charge in [-0.1, -0.05) is 0 Å². The summed E-state index contributed by atoms with van der Waals surface area (Å²) in [6.07, 6.45) is 3.37. The molecule has 1 saturated heterocycles. The topological polar surface area (TPSA) is 76.4 Å². The minimum absolute atomic E-state index is 0.000555. The Morgan fingerprint density at radius 2 is 2.21 bits per heavy atom. The van der Waals surface area contributed by atoms with E-state index in [-0.39, 0.29) is 17.4 Å². The SMILES string of the molecule is Cc1ccc(/C=C\C(=O)N[C@]2(C)CCS(=O)(=O)C2)o1. The largest absolute Gasteiger partial charge is 0.462 e. The Hall–Kier alpha value is -1.56. The number of nitrogens with one attached hydrogen (secondary N) is 1. The van der Waals surface area contributed by atoms with Gasteiger partial charge in [-0.05, 0) is 38.5 Å². The Morgan fingerprint density at radius 1 is 1.47 bits per heavy atom. The van der Waals surface area contributed by atoms with Crippen LogP contribution in [0.25, 0.3) is 6.08 Å². The second-order valence-corrected chi connectivity index (χ2v) is 7.36. The fraction of sp³-hybridized carbons (Fsp3) is 0.462. The number of hydrogen-bond donors (Lipinski definition) is 1. The molecule has 2 rings (SSSR count). The van der Waals surface area contributed by atoms with Gasteiger partial charge in [0.05, 0.1) is 17.0 Å². The Morgan fingerprint density at radius 3 is 2.74 bits per heavy atom.